The minimum absolute atomic E-state index is 0.178. The molecule has 0 aromatic carbocycles. The summed E-state index contributed by atoms with van der Waals surface area (Å²) in [4.78, 5) is 10.6. The molecule has 0 saturated carbocycles. The van der Waals surface area contributed by atoms with Crippen molar-refractivity contribution in [3.8, 4) is 0 Å². The number of aromatic nitrogens is 2. The fourth-order valence-electron chi connectivity index (χ4n) is 2.11. The number of nitrogens with one attached hydrogen (secondary N) is 2. The Bertz CT molecular complexity index is 427. The monoisotopic (exact) mass is 280 g/mol. The van der Waals surface area contributed by atoms with E-state index in [1.165, 1.54) is 0 Å². The first-order valence-electron chi connectivity index (χ1n) is 7.10. The molecule has 0 amide bonds. The van der Waals surface area contributed by atoms with Crippen molar-refractivity contribution in [1.29, 1.82) is 0 Å². The molecular formula is C13H24N6O. The Labute approximate surface area is 119 Å². The minimum atomic E-state index is 0.178. The summed E-state index contributed by atoms with van der Waals surface area (Å²) in [6.45, 7) is 6.38. The molecule has 1 saturated heterocycles. The first kappa shape index (κ1) is 14.8. The van der Waals surface area contributed by atoms with Gasteiger partial charge in [-0.3, -0.25) is 0 Å². The molecule has 2 heterocycles. The quantitative estimate of drug-likeness (QED) is 0.704. The SMILES string of the molecule is CCCNc1cc(NCC2CN(C)CCO2)nc(N)n1. The van der Waals surface area contributed by atoms with Gasteiger partial charge in [0.1, 0.15) is 11.6 Å². The van der Waals surface area contributed by atoms with Crippen LogP contribution in [0.2, 0.25) is 0 Å². The zero-order valence-corrected chi connectivity index (χ0v) is 12.2. The lowest BCUT2D eigenvalue weighted by Gasteiger charge is -2.30. The van der Waals surface area contributed by atoms with Gasteiger partial charge in [-0.15, -0.1) is 0 Å². The Balaban J connectivity index is 1.89. The smallest absolute Gasteiger partial charge is 0.223 e. The summed E-state index contributed by atoms with van der Waals surface area (Å²) in [5, 5.41) is 6.48. The van der Waals surface area contributed by atoms with Crippen molar-refractivity contribution >= 4 is 17.6 Å². The second-order valence-electron chi connectivity index (χ2n) is 5.06. The van der Waals surface area contributed by atoms with E-state index in [9.17, 15) is 0 Å². The molecule has 1 aliphatic heterocycles. The van der Waals surface area contributed by atoms with Crippen molar-refractivity contribution in [2.75, 3.05) is 56.2 Å². The van der Waals surface area contributed by atoms with Crippen LogP contribution in [-0.2, 0) is 4.74 Å². The molecule has 0 spiro atoms. The van der Waals surface area contributed by atoms with Crippen LogP contribution >= 0.6 is 0 Å². The number of nitrogen functional groups attached to an aromatic ring is 1. The van der Waals surface area contributed by atoms with Gasteiger partial charge in [0.25, 0.3) is 0 Å². The minimum Gasteiger partial charge on any atom is -0.374 e. The van der Waals surface area contributed by atoms with Gasteiger partial charge in [-0.2, -0.15) is 9.97 Å². The fourth-order valence-corrected chi connectivity index (χ4v) is 2.11. The number of rotatable bonds is 6. The number of ether oxygens (including phenoxy) is 1. The van der Waals surface area contributed by atoms with Crippen LogP contribution < -0.4 is 16.4 Å². The van der Waals surface area contributed by atoms with Crippen LogP contribution in [0.1, 0.15) is 13.3 Å². The van der Waals surface area contributed by atoms with Crippen LogP contribution in [-0.4, -0.2) is 60.8 Å². The average Bonchev–Trinajstić information content (AvgIpc) is 2.42. The van der Waals surface area contributed by atoms with Crippen molar-refractivity contribution in [3.63, 3.8) is 0 Å². The Hall–Kier alpha value is -1.60. The zero-order chi connectivity index (χ0) is 14.4. The van der Waals surface area contributed by atoms with Gasteiger partial charge in [-0.05, 0) is 13.5 Å². The molecular weight excluding hydrogens is 256 g/mol. The lowest BCUT2D eigenvalue weighted by Crippen LogP contribution is -2.43. The number of likely N-dealkylation sites (N-methyl/N-ethyl adjacent to an activating group) is 1. The van der Waals surface area contributed by atoms with Crippen LogP contribution in [0.4, 0.5) is 17.6 Å². The van der Waals surface area contributed by atoms with E-state index in [-0.39, 0.29) is 12.1 Å². The van der Waals surface area contributed by atoms with Crippen molar-refractivity contribution in [1.82, 2.24) is 14.9 Å². The average molecular weight is 280 g/mol. The van der Waals surface area contributed by atoms with E-state index in [0.717, 1.165) is 44.3 Å². The van der Waals surface area contributed by atoms with Gasteiger partial charge in [0, 0.05) is 32.2 Å². The number of nitrogens with two attached hydrogens (primary N) is 1. The molecule has 1 aliphatic rings. The molecule has 1 aromatic heterocycles. The van der Waals surface area contributed by atoms with Crippen molar-refractivity contribution in [2.45, 2.75) is 19.4 Å². The zero-order valence-electron chi connectivity index (χ0n) is 12.2. The Morgan fingerprint density at radius 1 is 1.40 bits per heavy atom. The van der Waals surface area contributed by atoms with Gasteiger partial charge in [-0.25, -0.2) is 0 Å². The molecule has 1 atom stereocenters. The van der Waals surface area contributed by atoms with E-state index in [1.54, 1.807) is 0 Å². The topological polar surface area (TPSA) is 88.3 Å². The maximum atomic E-state index is 5.72. The van der Waals surface area contributed by atoms with Gasteiger partial charge < -0.3 is 26.0 Å². The first-order valence-corrected chi connectivity index (χ1v) is 7.10. The highest BCUT2D eigenvalue weighted by Crippen LogP contribution is 2.13. The largest absolute Gasteiger partial charge is 0.374 e. The summed E-state index contributed by atoms with van der Waals surface area (Å²) in [7, 11) is 2.10. The van der Waals surface area contributed by atoms with Crippen LogP contribution in [0.3, 0.4) is 0 Å². The van der Waals surface area contributed by atoms with E-state index >= 15 is 0 Å². The molecule has 1 fully saturated rings. The lowest BCUT2D eigenvalue weighted by atomic mass is 10.3. The molecule has 4 N–H and O–H groups in total. The molecule has 0 bridgehead atoms. The Morgan fingerprint density at radius 3 is 2.85 bits per heavy atom. The summed E-state index contributed by atoms with van der Waals surface area (Å²) >= 11 is 0. The summed E-state index contributed by atoms with van der Waals surface area (Å²) in [6, 6.07) is 1.87. The molecule has 1 unspecified atom stereocenters. The third-order valence-electron chi connectivity index (χ3n) is 3.15. The number of anilines is 3. The number of nitrogens with zero attached hydrogens (tertiary/aromatic N) is 3. The highest BCUT2D eigenvalue weighted by molar-refractivity contribution is 5.51. The van der Waals surface area contributed by atoms with Crippen LogP contribution in [0, 0.1) is 0 Å². The maximum absolute atomic E-state index is 5.72. The maximum Gasteiger partial charge on any atom is 0.223 e. The van der Waals surface area contributed by atoms with E-state index in [0.29, 0.717) is 6.54 Å². The highest BCUT2D eigenvalue weighted by Gasteiger charge is 2.17. The summed E-state index contributed by atoms with van der Waals surface area (Å²) < 4.78 is 5.70. The molecule has 1 aromatic rings. The molecule has 0 radical (unpaired) electrons. The standard InChI is InChI=1S/C13H24N6O/c1-3-4-15-11-7-12(18-13(14)17-11)16-8-10-9-19(2)5-6-20-10/h7,10H,3-6,8-9H2,1-2H3,(H4,14,15,16,17,18). The number of hydrogen-bond acceptors (Lipinski definition) is 7. The Morgan fingerprint density at radius 2 is 2.15 bits per heavy atom. The predicted octanol–water partition coefficient (Wildman–Crippen LogP) is 0.623. The normalized spacial score (nSPS) is 19.8. The van der Waals surface area contributed by atoms with E-state index in [1.807, 2.05) is 6.07 Å². The third kappa shape index (κ3) is 4.50. The molecule has 2 rings (SSSR count). The second-order valence-corrected chi connectivity index (χ2v) is 5.06. The van der Waals surface area contributed by atoms with E-state index < -0.39 is 0 Å². The molecule has 7 heteroatoms. The second kappa shape index (κ2) is 7.25. The van der Waals surface area contributed by atoms with Gasteiger partial charge in [0.2, 0.25) is 5.95 Å². The van der Waals surface area contributed by atoms with Gasteiger partial charge in [0.05, 0.1) is 12.7 Å². The van der Waals surface area contributed by atoms with Crippen LogP contribution in [0.5, 0.6) is 0 Å². The summed E-state index contributed by atoms with van der Waals surface area (Å²) in [5.74, 6) is 1.76. The number of hydrogen-bond donors (Lipinski definition) is 3. The van der Waals surface area contributed by atoms with Gasteiger partial charge >= 0.3 is 0 Å². The van der Waals surface area contributed by atoms with Gasteiger partial charge in [-0.1, -0.05) is 6.92 Å². The highest BCUT2D eigenvalue weighted by atomic mass is 16.5. The van der Waals surface area contributed by atoms with Crippen molar-refractivity contribution < 1.29 is 4.74 Å². The third-order valence-corrected chi connectivity index (χ3v) is 3.15. The Kier molecular flexibility index (Phi) is 5.37. The predicted molar refractivity (Wildman–Crippen MR) is 81.0 cm³/mol. The van der Waals surface area contributed by atoms with E-state index in [4.69, 9.17) is 10.5 Å². The molecule has 7 nitrogen and oxygen atoms in total. The summed E-state index contributed by atoms with van der Waals surface area (Å²) in [5.41, 5.74) is 5.72. The summed E-state index contributed by atoms with van der Waals surface area (Å²) in [6.07, 6.45) is 1.21. The van der Waals surface area contributed by atoms with Crippen LogP contribution in [0.15, 0.2) is 6.07 Å². The van der Waals surface area contributed by atoms with Crippen LogP contribution in [0.25, 0.3) is 0 Å². The number of morpholine rings is 1. The molecule has 20 heavy (non-hydrogen) atoms. The van der Waals surface area contributed by atoms with Gasteiger partial charge in [0.15, 0.2) is 0 Å². The molecule has 0 aliphatic carbocycles. The lowest BCUT2D eigenvalue weighted by molar-refractivity contribution is -0.0117. The van der Waals surface area contributed by atoms with Crippen molar-refractivity contribution in [2.24, 2.45) is 0 Å². The van der Waals surface area contributed by atoms with Crippen molar-refractivity contribution in [3.05, 3.63) is 6.07 Å². The fraction of sp³-hybridized carbons (Fsp3) is 0.692. The first-order chi connectivity index (χ1) is 9.67. The molecule has 112 valence electrons. The van der Waals surface area contributed by atoms with E-state index in [2.05, 4.69) is 39.5 Å².